The van der Waals surface area contributed by atoms with Gasteiger partial charge in [-0.2, -0.15) is 0 Å². The van der Waals surface area contributed by atoms with Crippen LogP contribution in [0.3, 0.4) is 0 Å². The molecule has 0 aromatic heterocycles. The van der Waals surface area contributed by atoms with Crippen LogP contribution in [-0.4, -0.2) is 33.7 Å². The topological polar surface area (TPSA) is 75.3 Å². The zero-order valence-corrected chi connectivity index (χ0v) is 10.8. The van der Waals surface area contributed by atoms with Gasteiger partial charge in [0, 0.05) is 23.7 Å². The minimum absolute atomic E-state index is 0.165. The predicted molar refractivity (Wildman–Crippen MR) is 66.6 cm³/mol. The molecule has 0 fully saturated rings. The number of sulfonamides is 1. The summed E-state index contributed by atoms with van der Waals surface area (Å²) in [4.78, 5) is 11.5. The number of benzene rings is 1. The molecule has 0 aliphatic rings. The molecule has 0 atom stereocenters. The van der Waals surface area contributed by atoms with E-state index in [4.69, 9.17) is 11.6 Å². The van der Waals surface area contributed by atoms with E-state index in [0.717, 1.165) is 6.26 Å². The van der Waals surface area contributed by atoms with Crippen LogP contribution >= 0.6 is 11.6 Å². The van der Waals surface area contributed by atoms with E-state index < -0.39 is 10.0 Å². The largest absolute Gasteiger partial charge is 0.351 e. The van der Waals surface area contributed by atoms with Crippen LogP contribution in [0.25, 0.3) is 0 Å². The zero-order valence-electron chi connectivity index (χ0n) is 9.23. The quantitative estimate of drug-likeness (QED) is 0.774. The highest BCUT2D eigenvalue weighted by Crippen LogP contribution is 2.08. The lowest BCUT2D eigenvalue weighted by molar-refractivity contribution is 0.0954. The molecule has 94 valence electrons. The maximum atomic E-state index is 11.5. The minimum Gasteiger partial charge on any atom is -0.351 e. The van der Waals surface area contributed by atoms with Crippen molar-refractivity contribution in [3.63, 3.8) is 0 Å². The Bertz CT molecular complexity index is 485. The Labute approximate surface area is 105 Å². The molecule has 2 N–H and O–H groups in total. The number of hydrogen-bond donors (Lipinski definition) is 2. The van der Waals surface area contributed by atoms with E-state index in [1.807, 2.05) is 0 Å². The second-order valence-electron chi connectivity index (χ2n) is 3.43. The molecule has 0 spiro atoms. The molecule has 7 heteroatoms. The first-order valence-corrected chi connectivity index (χ1v) is 7.14. The number of carbonyl (C=O) groups is 1. The highest BCUT2D eigenvalue weighted by molar-refractivity contribution is 7.88. The zero-order chi connectivity index (χ0) is 12.9. The predicted octanol–water partition coefficient (Wildman–Crippen LogP) is 0.619. The monoisotopic (exact) mass is 276 g/mol. The molecule has 1 rings (SSSR count). The van der Waals surface area contributed by atoms with Crippen molar-refractivity contribution in [2.45, 2.75) is 0 Å². The van der Waals surface area contributed by atoms with E-state index in [0.29, 0.717) is 10.6 Å². The molecule has 1 aromatic carbocycles. The van der Waals surface area contributed by atoms with Crippen molar-refractivity contribution >= 4 is 27.5 Å². The van der Waals surface area contributed by atoms with Crippen LogP contribution in [-0.2, 0) is 10.0 Å². The van der Waals surface area contributed by atoms with Crippen molar-refractivity contribution < 1.29 is 13.2 Å². The number of carbonyl (C=O) groups excluding carboxylic acids is 1. The first kappa shape index (κ1) is 14.0. The van der Waals surface area contributed by atoms with E-state index >= 15 is 0 Å². The maximum absolute atomic E-state index is 11.5. The lowest BCUT2D eigenvalue weighted by Crippen LogP contribution is -2.34. The summed E-state index contributed by atoms with van der Waals surface area (Å²) in [5.41, 5.74) is 0.480. The Morgan fingerprint density at radius 1 is 1.24 bits per heavy atom. The van der Waals surface area contributed by atoms with Gasteiger partial charge in [-0.3, -0.25) is 4.79 Å². The van der Waals surface area contributed by atoms with E-state index in [-0.39, 0.29) is 19.0 Å². The second kappa shape index (κ2) is 6.00. The van der Waals surface area contributed by atoms with E-state index in [1.54, 1.807) is 24.3 Å². The Morgan fingerprint density at radius 2 is 1.82 bits per heavy atom. The van der Waals surface area contributed by atoms with Crippen molar-refractivity contribution in [3.05, 3.63) is 34.9 Å². The van der Waals surface area contributed by atoms with Crippen LogP contribution in [0.15, 0.2) is 24.3 Å². The van der Waals surface area contributed by atoms with Crippen LogP contribution in [0.4, 0.5) is 0 Å². The first-order chi connectivity index (χ1) is 7.88. The van der Waals surface area contributed by atoms with E-state index in [9.17, 15) is 13.2 Å². The van der Waals surface area contributed by atoms with Gasteiger partial charge in [0.25, 0.3) is 5.91 Å². The molecular weight excluding hydrogens is 264 g/mol. The Morgan fingerprint density at radius 3 is 2.35 bits per heavy atom. The molecule has 1 amide bonds. The summed E-state index contributed by atoms with van der Waals surface area (Å²) in [5.74, 6) is -0.267. The summed E-state index contributed by atoms with van der Waals surface area (Å²) in [7, 11) is -3.21. The van der Waals surface area contributed by atoms with Gasteiger partial charge in [-0.25, -0.2) is 13.1 Å². The van der Waals surface area contributed by atoms with Gasteiger partial charge in [-0.1, -0.05) is 11.6 Å². The van der Waals surface area contributed by atoms with Gasteiger partial charge in [-0.05, 0) is 24.3 Å². The van der Waals surface area contributed by atoms with Gasteiger partial charge < -0.3 is 5.32 Å². The highest BCUT2D eigenvalue weighted by atomic mass is 35.5. The summed E-state index contributed by atoms with van der Waals surface area (Å²) in [6.45, 7) is 0.396. The van der Waals surface area contributed by atoms with E-state index in [2.05, 4.69) is 10.0 Å². The molecule has 0 aliphatic carbocycles. The third kappa shape index (κ3) is 5.67. The molecule has 0 radical (unpaired) electrons. The van der Waals surface area contributed by atoms with Gasteiger partial charge in [0.1, 0.15) is 0 Å². The molecule has 0 saturated carbocycles. The highest BCUT2D eigenvalue weighted by Gasteiger charge is 2.05. The van der Waals surface area contributed by atoms with E-state index in [1.165, 1.54) is 0 Å². The summed E-state index contributed by atoms with van der Waals surface area (Å²) in [6, 6.07) is 6.43. The van der Waals surface area contributed by atoms with Crippen LogP contribution in [0.2, 0.25) is 5.02 Å². The fraction of sp³-hybridized carbons (Fsp3) is 0.300. The fourth-order valence-corrected chi connectivity index (χ4v) is 1.71. The van der Waals surface area contributed by atoms with Crippen molar-refractivity contribution in [3.8, 4) is 0 Å². The van der Waals surface area contributed by atoms with Crippen molar-refractivity contribution in [1.29, 1.82) is 0 Å². The Balaban J connectivity index is 2.38. The van der Waals surface area contributed by atoms with Crippen molar-refractivity contribution in [2.75, 3.05) is 19.3 Å². The average molecular weight is 277 g/mol. The molecule has 1 aromatic rings. The van der Waals surface area contributed by atoms with Crippen LogP contribution in [0.5, 0.6) is 0 Å². The number of halogens is 1. The summed E-state index contributed by atoms with van der Waals surface area (Å²) in [6.07, 6.45) is 1.06. The maximum Gasteiger partial charge on any atom is 0.251 e. The molecule has 17 heavy (non-hydrogen) atoms. The molecule has 0 heterocycles. The number of rotatable bonds is 5. The van der Waals surface area contributed by atoms with Crippen LogP contribution < -0.4 is 10.0 Å². The lowest BCUT2D eigenvalue weighted by atomic mass is 10.2. The molecule has 0 aliphatic heterocycles. The van der Waals surface area contributed by atoms with Crippen molar-refractivity contribution in [1.82, 2.24) is 10.0 Å². The van der Waals surface area contributed by atoms with Gasteiger partial charge in [0.15, 0.2) is 0 Å². The third-order valence-electron chi connectivity index (χ3n) is 1.88. The summed E-state index contributed by atoms with van der Waals surface area (Å²) >= 11 is 5.68. The molecule has 5 nitrogen and oxygen atoms in total. The molecule has 0 bridgehead atoms. The SMILES string of the molecule is CS(=O)(=O)NCCNC(=O)c1ccc(Cl)cc1. The third-order valence-corrected chi connectivity index (χ3v) is 2.86. The van der Waals surface area contributed by atoms with Gasteiger partial charge >= 0.3 is 0 Å². The Kier molecular flexibility index (Phi) is 4.92. The van der Waals surface area contributed by atoms with Gasteiger partial charge in [0.05, 0.1) is 6.26 Å². The Hall–Kier alpha value is -1.11. The lowest BCUT2D eigenvalue weighted by Gasteiger charge is -2.05. The smallest absolute Gasteiger partial charge is 0.251 e. The van der Waals surface area contributed by atoms with Gasteiger partial charge in [0.2, 0.25) is 10.0 Å². The second-order valence-corrected chi connectivity index (χ2v) is 5.70. The number of nitrogens with one attached hydrogen (secondary N) is 2. The first-order valence-electron chi connectivity index (χ1n) is 4.87. The fourth-order valence-electron chi connectivity index (χ4n) is 1.12. The summed E-state index contributed by atoms with van der Waals surface area (Å²) in [5, 5.41) is 3.14. The minimum atomic E-state index is -3.21. The normalized spacial score (nSPS) is 11.2. The molecule has 0 unspecified atom stereocenters. The molecule has 0 saturated heterocycles. The van der Waals surface area contributed by atoms with Gasteiger partial charge in [-0.15, -0.1) is 0 Å². The average Bonchev–Trinajstić information content (AvgIpc) is 2.24. The molecular formula is C10H13ClN2O3S. The number of hydrogen-bond acceptors (Lipinski definition) is 3. The van der Waals surface area contributed by atoms with Crippen LogP contribution in [0.1, 0.15) is 10.4 Å². The summed E-state index contributed by atoms with van der Waals surface area (Å²) < 4.78 is 23.8. The van der Waals surface area contributed by atoms with Crippen molar-refractivity contribution in [2.24, 2.45) is 0 Å². The number of amides is 1. The standard InChI is InChI=1S/C10H13ClN2O3S/c1-17(15,16)13-7-6-12-10(14)8-2-4-9(11)5-3-8/h2-5,13H,6-7H2,1H3,(H,12,14). The van der Waals surface area contributed by atoms with Crippen LogP contribution in [0, 0.1) is 0 Å².